The van der Waals surface area contributed by atoms with E-state index in [1.807, 2.05) is 30.9 Å². The highest BCUT2D eigenvalue weighted by Crippen LogP contribution is 2.38. The van der Waals surface area contributed by atoms with Crippen molar-refractivity contribution < 1.29 is 4.79 Å². The molecule has 1 fully saturated rings. The zero-order valence-corrected chi connectivity index (χ0v) is 18.8. The Bertz CT molecular complexity index is 924. The number of amides is 1. The fourth-order valence-corrected chi connectivity index (χ4v) is 5.00. The minimum Gasteiger partial charge on any atom is -0.354 e. The molecule has 2 aromatic rings. The summed E-state index contributed by atoms with van der Waals surface area (Å²) in [6, 6.07) is 8.55. The van der Waals surface area contributed by atoms with Gasteiger partial charge in [-0.15, -0.1) is 11.3 Å². The van der Waals surface area contributed by atoms with Gasteiger partial charge in [0.05, 0.1) is 12.2 Å². The number of guanidine groups is 1. The maximum atomic E-state index is 12.0. The number of benzene rings is 1. The van der Waals surface area contributed by atoms with Crippen molar-refractivity contribution in [2.24, 2.45) is 4.99 Å². The highest BCUT2D eigenvalue weighted by molar-refractivity contribution is 7.13. The number of carbonyl (C=O) groups is 1. The van der Waals surface area contributed by atoms with Crippen molar-refractivity contribution in [1.29, 1.82) is 0 Å². The van der Waals surface area contributed by atoms with Crippen LogP contribution in [0.4, 0.5) is 10.8 Å². The highest BCUT2D eigenvalue weighted by Gasteiger charge is 2.32. The van der Waals surface area contributed by atoms with Gasteiger partial charge in [-0.1, -0.05) is 18.2 Å². The Labute approximate surface area is 182 Å². The van der Waals surface area contributed by atoms with Crippen molar-refractivity contribution in [3.63, 3.8) is 0 Å². The van der Waals surface area contributed by atoms with Crippen LogP contribution in [0.2, 0.25) is 0 Å². The topological polar surface area (TPSA) is 64.1 Å². The van der Waals surface area contributed by atoms with E-state index in [0.29, 0.717) is 24.8 Å². The van der Waals surface area contributed by atoms with Gasteiger partial charge >= 0.3 is 0 Å². The van der Waals surface area contributed by atoms with Crippen molar-refractivity contribution in [3.05, 3.63) is 40.9 Å². The predicted octanol–water partition coefficient (Wildman–Crippen LogP) is 2.90. The first-order valence-electron chi connectivity index (χ1n) is 10.5. The molecule has 160 valence electrons. The number of rotatable bonds is 6. The van der Waals surface area contributed by atoms with Crippen molar-refractivity contribution in [1.82, 2.24) is 15.2 Å². The van der Waals surface area contributed by atoms with Gasteiger partial charge in [0.2, 0.25) is 5.91 Å². The minimum absolute atomic E-state index is 0.302. The number of nitrogens with one attached hydrogen (secondary N) is 1. The lowest BCUT2D eigenvalue weighted by molar-refractivity contribution is -0.127. The average molecular weight is 427 g/mol. The largest absolute Gasteiger partial charge is 0.354 e. The SMILES string of the molecule is CN=C(NCc1csc(N(C)C)n1)N1CC(CCN2CCCC2=O)c2ccccc21. The van der Waals surface area contributed by atoms with Gasteiger partial charge in [0, 0.05) is 64.2 Å². The van der Waals surface area contributed by atoms with E-state index in [1.54, 1.807) is 11.3 Å². The van der Waals surface area contributed by atoms with Gasteiger partial charge in [0.1, 0.15) is 0 Å². The molecule has 30 heavy (non-hydrogen) atoms. The van der Waals surface area contributed by atoms with Crippen molar-refractivity contribution >= 4 is 34.0 Å². The van der Waals surface area contributed by atoms with Crippen LogP contribution in [0, 0.1) is 0 Å². The van der Waals surface area contributed by atoms with Gasteiger partial charge in [-0.3, -0.25) is 9.79 Å². The number of likely N-dealkylation sites (tertiary alicyclic amines) is 1. The molecule has 1 aromatic carbocycles. The van der Waals surface area contributed by atoms with Crippen LogP contribution >= 0.6 is 11.3 Å². The zero-order chi connectivity index (χ0) is 21.1. The number of aliphatic imine (C=N–C) groups is 1. The van der Waals surface area contributed by atoms with Gasteiger partial charge in [-0.2, -0.15) is 0 Å². The predicted molar refractivity (Wildman–Crippen MR) is 124 cm³/mol. The molecule has 1 aromatic heterocycles. The third-order valence-corrected chi connectivity index (χ3v) is 6.86. The number of fused-ring (bicyclic) bond motifs is 1. The molecule has 1 saturated heterocycles. The lowest BCUT2D eigenvalue weighted by atomic mass is 9.98. The van der Waals surface area contributed by atoms with E-state index in [-0.39, 0.29) is 0 Å². The molecule has 8 heteroatoms. The number of thiazole rings is 1. The first-order chi connectivity index (χ1) is 14.6. The minimum atomic E-state index is 0.302. The molecule has 0 saturated carbocycles. The number of para-hydroxylation sites is 1. The number of aromatic nitrogens is 1. The van der Waals surface area contributed by atoms with Crippen LogP contribution in [0.5, 0.6) is 0 Å². The highest BCUT2D eigenvalue weighted by atomic mass is 32.1. The quantitative estimate of drug-likeness (QED) is 0.568. The Morgan fingerprint density at radius 3 is 2.90 bits per heavy atom. The van der Waals surface area contributed by atoms with Gasteiger partial charge in [-0.25, -0.2) is 4.98 Å². The van der Waals surface area contributed by atoms with E-state index in [4.69, 9.17) is 0 Å². The number of anilines is 2. The number of hydrogen-bond donors (Lipinski definition) is 1. The molecule has 1 N–H and O–H groups in total. The Morgan fingerprint density at radius 2 is 2.20 bits per heavy atom. The van der Waals surface area contributed by atoms with Crippen LogP contribution in [0.1, 0.15) is 36.4 Å². The summed E-state index contributed by atoms with van der Waals surface area (Å²) in [5, 5.41) is 6.57. The Kier molecular flexibility index (Phi) is 6.22. The second-order valence-electron chi connectivity index (χ2n) is 8.06. The average Bonchev–Trinajstić information content (AvgIpc) is 3.46. The zero-order valence-electron chi connectivity index (χ0n) is 18.0. The van der Waals surface area contributed by atoms with Crippen LogP contribution in [0.25, 0.3) is 0 Å². The molecular weight excluding hydrogens is 396 g/mol. The normalized spacial score (nSPS) is 18.8. The molecule has 4 rings (SSSR count). The molecule has 2 aliphatic heterocycles. The van der Waals surface area contributed by atoms with Crippen molar-refractivity contribution in [3.8, 4) is 0 Å². The van der Waals surface area contributed by atoms with Gasteiger partial charge in [-0.05, 0) is 24.5 Å². The van der Waals surface area contributed by atoms with E-state index in [9.17, 15) is 4.79 Å². The summed E-state index contributed by atoms with van der Waals surface area (Å²) in [6.07, 6.45) is 2.68. The molecule has 1 amide bonds. The number of carbonyl (C=O) groups excluding carboxylic acids is 1. The van der Waals surface area contributed by atoms with Gasteiger partial charge in [0.15, 0.2) is 11.1 Å². The Morgan fingerprint density at radius 1 is 1.37 bits per heavy atom. The lowest BCUT2D eigenvalue weighted by Gasteiger charge is -2.23. The first-order valence-corrected chi connectivity index (χ1v) is 11.4. The summed E-state index contributed by atoms with van der Waals surface area (Å²) in [5.41, 5.74) is 3.56. The Balaban J connectivity index is 1.43. The van der Waals surface area contributed by atoms with Crippen LogP contribution in [0.15, 0.2) is 34.6 Å². The van der Waals surface area contributed by atoms with E-state index >= 15 is 0 Å². The summed E-state index contributed by atoms with van der Waals surface area (Å²) in [7, 11) is 5.84. The van der Waals surface area contributed by atoms with E-state index in [0.717, 1.165) is 49.3 Å². The van der Waals surface area contributed by atoms with E-state index in [1.165, 1.54) is 11.3 Å². The molecule has 1 atom stereocenters. The third-order valence-electron chi connectivity index (χ3n) is 5.81. The molecule has 0 bridgehead atoms. The fourth-order valence-electron chi connectivity index (χ4n) is 4.24. The van der Waals surface area contributed by atoms with Crippen molar-refractivity contribution in [2.45, 2.75) is 31.7 Å². The van der Waals surface area contributed by atoms with E-state index in [2.05, 4.69) is 49.8 Å². The standard InChI is InChI=1S/C22H30N6OS/c1-23-21(24-13-17-15-30-22(25-17)26(2)3)28-14-16(18-7-4-5-8-19(18)28)10-12-27-11-6-9-20(27)29/h4-5,7-8,15-16H,6,9-14H2,1-3H3,(H,23,24). The summed E-state index contributed by atoms with van der Waals surface area (Å²) < 4.78 is 0. The molecule has 3 heterocycles. The molecule has 0 radical (unpaired) electrons. The van der Waals surface area contributed by atoms with Gasteiger partial charge < -0.3 is 20.0 Å². The molecule has 7 nitrogen and oxygen atoms in total. The second kappa shape index (κ2) is 9.04. The summed E-state index contributed by atoms with van der Waals surface area (Å²) in [6.45, 7) is 3.26. The monoisotopic (exact) mass is 426 g/mol. The Hall–Kier alpha value is -2.61. The van der Waals surface area contributed by atoms with Gasteiger partial charge in [0.25, 0.3) is 0 Å². The first kappa shape index (κ1) is 20.7. The third kappa shape index (κ3) is 4.28. The molecule has 0 spiro atoms. The molecule has 2 aliphatic rings. The second-order valence-corrected chi connectivity index (χ2v) is 8.89. The van der Waals surface area contributed by atoms with Crippen LogP contribution in [0.3, 0.4) is 0 Å². The van der Waals surface area contributed by atoms with Crippen LogP contribution in [-0.4, -0.2) is 62.5 Å². The van der Waals surface area contributed by atoms with Crippen molar-refractivity contribution in [2.75, 3.05) is 50.6 Å². The van der Waals surface area contributed by atoms with Crippen LogP contribution < -0.4 is 15.1 Å². The molecule has 1 unspecified atom stereocenters. The summed E-state index contributed by atoms with van der Waals surface area (Å²) in [4.78, 5) is 27.5. The van der Waals surface area contributed by atoms with E-state index < -0.39 is 0 Å². The summed E-state index contributed by atoms with van der Waals surface area (Å²) >= 11 is 1.65. The fraction of sp³-hybridized carbons (Fsp3) is 0.500. The number of nitrogens with zero attached hydrogens (tertiary/aromatic N) is 5. The van der Waals surface area contributed by atoms with Crippen LogP contribution in [-0.2, 0) is 11.3 Å². The maximum absolute atomic E-state index is 12.0. The lowest BCUT2D eigenvalue weighted by Crippen LogP contribution is -2.40. The molecular formula is C22H30N6OS. The molecule has 0 aliphatic carbocycles. The maximum Gasteiger partial charge on any atom is 0.222 e. The smallest absolute Gasteiger partial charge is 0.222 e. The summed E-state index contributed by atoms with van der Waals surface area (Å²) in [5.74, 6) is 1.56. The number of hydrogen-bond acceptors (Lipinski definition) is 5.